The molecule has 0 amide bonds. The van der Waals surface area contributed by atoms with E-state index in [9.17, 15) is 4.79 Å². The summed E-state index contributed by atoms with van der Waals surface area (Å²) in [5.41, 5.74) is 2.83. The lowest BCUT2D eigenvalue weighted by Crippen LogP contribution is -2.20. The standard InChI is InChI=1S/C22H20N6O3S/c1-13-8-9-14(2)17(10-13)30-11-19-24-26-22(31-19)32-12-18-23-25-21-27(3)20(29)15-6-4-5-7-16(15)28(18)21/h4-10H,11-12H2,1-3H3. The first-order valence-electron chi connectivity index (χ1n) is 9.98. The predicted molar refractivity (Wildman–Crippen MR) is 120 cm³/mol. The highest BCUT2D eigenvalue weighted by Gasteiger charge is 2.16. The van der Waals surface area contributed by atoms with Crippen molar-refractivity contribution in [3.05, 3.63) is 75.7 Å². The molecule has 0 aliphatic heterocycles. The first-order valence-corrected chi connectivity index (χ1v) is 11.0. The third-order valence-corrected chi connectivity index (χ3v) is 5.98. The van der Waals surface area contributed by atoms with E-state index in [2.05, 4.69) is 20.4 Å². The highest BCUT2D eigenvalue weighted by atomic mass is 32.2. The van der Waals surface area contributed by atoms with Crippen LogP contribution in [0.3, 0.4) is 0 Å². The Balaban J connectivity index is 1.34. The molecule has 0 saturated heterocycles. The number of hydrogen-bond donors (Lipinski definition) is 0. The first-order chi connectivity index (χ1) is 15.5. The van der Waals surface area contributed by atoms with Gasteiger partial charge < -0.3 is 9.15 Å². The molecule has 0 spiro atoms. The number of nitrogens with zero attached hydrogens (tertiary/aromatic N) is 6. The van der Waals surface area contributed by atoms with Crippen LogP contribution in [0.4, 0.5) is 0 Å². The van der Waals surface area contributed by atoms with Gasteiger partial charge in [0.1, 0.15) is 11.6 Å². The average Bonchev–Trinajstić information content (AvgIpc) is 3.44. The monoisotopic (exact) mass is 448 g/mol. The molecule has 0 atom stereocenters. The van der Waals surface area contributed by atoms with Crippen molar-refractivity contribution in [2.75, 3.05) is 0 Å². The molecule has 5 aromatic rings. The van der Waals surface area contributed by atoms with Crippen LogP contribution in [0.5, 0.6) is 5.75 Å². The highest BCUT2D eigenvalue weighted by Crippen LogP contribution is 2.24. The van der Waals surface area contributed by atoms with Gasteiger partial charge in [0.25, 0.3) is 16.7 Å². The number of thioether (sulfide) groups is 1. The summed E-state index contributed by atoms with van der Waals surface area (Å²) in [5.74, 6) is 2.81. The second-order valence-electron chi connectivity index (χ2n) is 7.44. The normalized spacial score (nSPS) is 11.5. The van der Waals surface area contributed by atoms with E-state index in [1.54, 1.807) is 13.1 Å². The molecule has 3 heterocycles. The molecule has 0 fully saturated rings. The fourth-order valence-electron chi connectivity index (χ4n) is 3.47. The van der Waals surface area contributed by atoms with Crippen LogP contribution in [0, 0.1) is 13.8 Å². The third kappa shape index (κ3) is 3.62. The molecule has 10 heteroatoms. The van der Waals surface area contributed by atoms with Crippen molar-refractivity contribution >= 4 is 28.4 Å². The Kier molecular flexibility index (Phi) is 5.14. The van der Waals surface area contributed by atoms with Gasteiger partial charge in [-0.05, 0) is 43.2 Å². The van der Waals surface area contributed by atoms with E-state index in [1.165, 1.54) is 16.3 Å². The van der Waals surface area contributed by atoms with Crippen LogP contribution in [0.15, 0.2) is 56.9 Å². The second kappa shape index (κ2) is 8.12. The maximum Gasteiger partial charge on any atom is 0.277 e. The van der Waals surface area contributed by atoms with E-state index < -0.39 is 0 Å². The van der Waals surface area contributed by atoms with Crippen LogP contribution in [0.1, 0.15) is 22.8 Å². The Morgan fingerprint density at radius 2 is 1.91 bits per heavy atom. The lowest BCUT2D eigenvalue weighted by molar-refractivity contribution is 0.250. The number of hydrogen-bond acceptors (Lipinski definition) is 8. The number of aromatic nitrogens is 6. The predicted octanol–water partition coefficient (Wildman–Crippen LogP) is 3.45. The zero-order chi connectivity index (χ0) is 22.2. The fourth-order valence-corrected chi connectivity index (χ4v) is 4.16. The highest BCUT2D eigenvalue weighted by molar-refractivity contribution is 7.98. The zero-order valence-corrected chi connectivity index (χ0v) is 18.6. The van der Waals surface area contributed by atoms with Crippen molar-refractivity contribution in [2.45, 2.75) is 31.4 Å². The smallest absolute Gasteiger partial charge is 0.277 e. The summed E-state index contributed by atoms with van der Waals surface area (Å²) >= 11 is 1.35. The number of aryl methyl sites for hydroxylation is 3. The van der Waals surface area contributed by atoms with Crippen molar-refractivity contribution in [3.63, 3.8) is 0 Å². The Morgan fingerprint density at radius 3 is 2.78 bits per heavy atom. The summed E-state index contributed by atoms with van der Waals surface area (Å²) in [6.07, 6.45) is 0. The van der Waals surface area contributed by atoms with Gasteiger partial charge in [-0.3, -0.25) is 13.8 Å². The molecule has 0 radical (unpaired) electrons. The minimum Gasteiger partial charge on any atom is -0.484 e. The SMILES string of the molecule is Cc1ccc(C)c(OCc2nnc(SCc3nnc4n(C)c(=O)c5ccccc5n34)o2)c1. The number of benzene rings is 2. The van der Waals surface area contributed by atoms with E-state index in [4.69, 9.17) is 9.15 Å². The molecule has 0 bridgehead atoms. The molecule has 0 saturated carbocycles. The van der Waals surface area contributed by atoms with Gasteiger partial charge in [-0.15, -0.1) is 20.4 Å². The molecule has 0 aliphatic rings. The van der Waals surface area contributed by atoms with Gasteiger partial charge in [0.2, 0.25) is 5.78 Å². The number of fused-ring (bicyclic) bond motifs is 3. The zero-order valence-electron chi connectivity index (χ0n) is 17.8. The third-order valence-electron chi connectivity index (χ3n) is 5.16. The minimum atomic E-state index is -0.106. The van der Waals surface area contributed by atoms with Crippen LogP contribution in [-0.2, 0) is 19.4 Å². The summed E-state index contributed by atoms with van der Waals surface area (Å²) in [7, 11) is 1.69. The van der Waals surface area contributed by atoms with Gasteiger partial charge >= 0.3 is 0 Å². The molecular formula is C22H20N6O3S. The molecule has 3 aromatic heterocycles. The van der Waals surface area contributed by atoms with Crippen molar-refractivity contribution in [1.29, 1.82) is 0 Å². The summed E-state index contributed by atoms with van der Waals surface area (Å²) in [5, 5.41) is 17.7. The molecule has 162 valence electrons. The van der Waals surface area contributed by atoms with Gasteiger partial charge in [-0.1, -0.05) is 36.0 Å². The maximum absolute atomic E-state index is 12.6. The van der Waals surface area contributed by atoms with Gasteiger partial charge in [0.15, 0.2) is 6.61 Å². The largest absolute Gasteiger partial charge is 0.484 e. The molecular weight excluding hydrogens is 428 g/mol. The lowest BCUT2D eigenvalue weighted by Gasteiger charge is -2.07. The van der Waals surface area contributed by atoms with E-state index in [0.717, 1.165) is 22.4 Å². The Bertz CT molecular complexity index is 1500. The van der Waals surface area contributed by atoms with Crippen LogP contribution in [0.25, 0.3) is 16.7 Å². The summed E-state index contributed by atoms with van der Waals surface area (Å²) < 4.78 is 14.9. The Hall–Kier alpha value is -3.66. The van der Waals surface area contributed by atoms with Gasteiger partial charge in [0, 0.05) is 7.05 Å². The molecule has 2 aromatic carbocycles. The van der Waals surface area contributed by atoms with Crippen molar-refractivity contribution in [1.82, 2.24) is 29.4 Å². The molecule has 0 unspecified atom stereocenters. The quantitative estimate of drug-likeness (QED) is 0.364. The van der Waals surface area contributed by atoms with Gasteiger partial charge in [0.05, 0.1) is 16.7 Å². The van der Waals surface area contributed by atoms with E-state index in [1.807, 2.05) is 54.6 Å². The maximum atomic E-state index is 12.6. The van der Waals surface area contributed by atoms with Crippen LogP contribution in [-0.4, -0.2) is 29.4 Å². The van der Waals surface area contributed by atoms with Crippen LogP contribution < -0.4 is 10.3 Å². The summed E-state index contributed by atoms with van der Waals surface area (Å²) in [6, 6.07) is 13.5. The first kappa shape index (κ1) is 20.3. The van der Waals surface area contributed by atoms with Crippen LogP contribution in [0.2, 0.25) is 0 Å². The van der Waals surface area contributed by atoms with Crippen molar-refractivity contribution in [3.8, 4) is 5.75 Å². The molecule has 32 heavy (non-hydrogen) atoms. The molecule has 0 aliphatic carbocycles. The number of ether oxygens (including phenoxy) is 1. The van der Waals surface area contributed by atoms with Crippen LogP contribution >= 0.6 is 11.8 Å². The average molecular weight is 449 g/mol. The fraction of sp³-hybridized carbons (Fsp3) is 0.227. The molecule has 9 nitrogen and oxygen atoms in total. The van der Waals surface area contributed by atoms with Gasteiger partial charge in [-0.2, -0.15) is 0 Å². The molecule has 0 N–H and O–H groups in total. The number of para-hydroxylation sites is 1. The summed E-state index contributed by atoms with van der Waals surface area (Å²) in [6.45, 7) is 4.20. The van der Waals surface area contributed by atoms with Gasteiger partial charge in [-0.25, -0.2) is 0 Å². The Labute approximate surface area is 187 Å². The minimum absolute atomic E-state index is 0.106. The summed E-state index contributed by atoms with van der Waals surface area (Å²) in [4.78, 5) is 12.6. The lowest BCUT2D eigenvalue weighted by atomic mass is 10.1. The van der Waals surface area contributed by atoms with E-state index >= 15 is 0 Å². The van der Waals surface area contributed by atoms with Crippen molar-refractivity contribution in [2.24, 2.45) is 7.05 Å². The number of rotatable bonds is 6. The van der Waals surface area contributed by atoms with E-state index in [0.29, 0.717) is 33.9 Å². The van der Waals surface area contributed by atoms with E-state index in [-0.39, 0.29) is 12.2 Å². The molecule has 5 rings (SSSR count). The second-order valence-corrected chi connectivity index (χ2v) is 8.37. The topological polar surface area (TPSA) is 100 Å². The van der Waals surface area contributed by atoms with Crippen molar-refractivity contribution < 1.29 is 9.15 Å². The Morgan fingerprint density at radius 1 is 1.06 bits per heavy atom.